The molecule has 3 aromatic rings. The highest BCUT2D eigenvalue weighted by Gasteiger charge is 2.13. The van der Waals surface area contributed by atoms with Crippen molar-refractivity contribution in [3.05, 3.63) is 90.5 Å². The molecule has 3 nitrogen and oxygen atoms in total. The lowest BCUT2D eigenvalue weighted by Crippen LogP contribution is -2.26. The van der Waals surface area contributed by atoms with Gasteiger partial charge in [-0.15, -0.1) is 11.8 Å². The fourth-order valence-corrected chi connectivity index (χ4v) is 3.24. The van der Waals surface area contributed by atoms with Crippen LogP contribution in [0.5, 0.6) is 5.75 Å². The predicted octanol–water partition coefficient (Wildman–Crippen LogP) is 5.13. The second-order valence-electron chi connectivity index (χ2n) is 5.73. The smallest absolute Gasteiger partial charge is 0.258 e. The molecule has 0 atom stereocenters. The number of para-hydroxylation sites is 1. The molecule has 4 heteroatoms. The first-order valence-corrected chi connectivity index (χ1v) is 9.46. The standard InChI is InChI=1S/C22H21NO2S/c1-23(19-8-4-2-5-9-19)22(24)18-12-14-20(15-13-18)25-16-17-26-21-10-6-3-7-11-21/h2-15H,16-17H2,1H3. The van der Waals surface area contributed by atoms with Gasteiger partial charge in [0.15, 0.2) is 0 Å². The molecule has 3 rings (SSSR count). The van der Waals surface area contributed by atoms with E-state index in [4.69, 9.17) is 4.74 Å². The second kappa shape index (κ2) is 9.11. The van der Waals surface area contributed by atoms with Gasteiger partial charge in [0.2, 0.25) is 0 Å². The Morgan fingerprint density at radius 1 is 0.885 bits per heavy atom. The topological polar surface area (TPSA) is 29.5 Å². The quantitative estimate of drug-likeness (QED) is 0.430. The molecule has 0 aliphatic carbocycles. The van der Waals surface area contributed by atoms with Gasteiger partial charge >= 0.3 is 0 Å². The van der Waals surface area contributed by atoms with Crippen LogP contribution in [-0.4, -0.2) is 25.3 Å². The van der Waals surface area contributed by atoms with E-state index >= 15 is 0 Å². The van der Waals surface area contributed by atoms with E-state index in [2.05, 4.69) is 12.1 Å². The van der Waals surface area contributed by atoms with Gasteiger partial charge in [-0.25, -0.2) is 0 Å². The van der Waals surface area contributed by atoms with Crippen LogP contribution in [0.2, 0.25) is 0 Å². The highest BCUT2D eigenvalue weighted by Crippen LogP contribution is 2.19. The number of hydrogen-bond donors (Lipinski definition) is 0. The fraction of sp³-hybridized carbons (Fsp3) is 0.136. The number of hydrogen-bond acceptors (Lipinski definition) is 3. The first-order valence-electron chi connectivity index (χ1n) is 8.48. The summed E-state index contributed by atoms with van der Waals surface area (Å²) in [6, 6.07) is 27.2. The number of ether oxygens (including phenoxy) is 1. The Morgan fingerprint density at radius 3 is 2.15 bits per heavy atom. The molecule has 0 saturated heterocycles. The van der Waals surface area contributed by atoms with Crippen molar-refractivity contribution in [3.63, 3.8) is 0 Å². The number of amides is 1. The van der Waals surface area contributed by atoms with Crippen molar-refractivity contribution in [1.82, 2.24) is 0 Å². The number of carbonyl (C=O) groups excluding carboxylic acids is 1. The van der Waals surface area contributed by atoms with Crippen LogP contribution in [0, 0.1) is 0 Å². The minimum atomic E-state index is -0.0395. The van der Waals surface area contributed by atoms with Crippen LogP contribution in [-0.2, 0) is 0 Å². The fourth-order valence-electron chi connectivity index (χ4n) is 2.49. The van der Waals surface area contributed by atoms with Crippen molar-refractivity contribution in [2.75, 3.05) is 24.3 Å². The molecular formula is C22H21NO2S. The minimum absolute atomic E-state index is 0.0395. The number of benzene rings is 3. The van der Waals surface area contributed by atoms with Crippen molar-refractivity contribution in [2.24, 2.45) is 0 Å². The Kier molecular flexibility index (Phi) is 6.34. The van der Waals surface area contributed by atoms with E-state index in [0.29, 0.717) is 12.2 Å². The number of carbonyl (C=O) groups is 1. The number of anilines is 1. The average molecular weight is 363 g/mol. The van der Waals surface area contributed by atoms with Gasteiger partial charge in [0.1, 0.15) is 5.75 Å². The van der Waals surface area contributed by atoms with Gasteiger partial charge in [-0.05, 0) is 48.5 Å². The summed E-state index contributed by atoms with van der Waals surface area (Å²) in [7, 11) is 1.78. The first kappa shape index (κ1) is 18.1. The molecule has 0 spiro atoms. The summed E-state index contributed by atoms with van der Waals surface area (Å²) >= 11 is 1.76. The number of thioether (sulfide) groups is 1. The van der Waals surface area contributed by atoms with Gasteiger partial charge in [-0.2, -0.15) is 0 Å². The molecule has 3 aromatic carbocycles. The van der Waals surface area contributed by atoms with Crippen LogP contribution < -0.4 is 9.64 Å². The van der Waals surface area contributed by atoms with Crippen molar-refractivity contribution in [3.8, 4) is 5.75 Å². The highest BCUT2D eigenvalue weighted by atomic mass is 32.2. The molecule has 0 radical (unpaired) electrons. The summed E-state index contributed by atoms with van der Waals surface area (Å²) in [6.45, 7) is 0.622. The highest BCUT2D eigenvalue weighted by molar-refractivity contribution is 7.99. The van der Waals surface area contributed by atoms with Crippen molar-refractivity contribution in [2.45, 2.75) is 4.90 Å². The van der Waals surface area contributed by atoms with E-state index in [-0.39, 0.29) is 5.91 Å². The van der Waals surface area contributed by atoms with Crippen molar-refractivity contribution >= 4 is 23.4 Å². The summed E-state index contributed by atoms with van der Waals surface area (Å²) in [5.74, 6) is 1.61. The predicted molar refractivity (Wildman–Crippen MR) is 108 cm³/mol. The molecule has 1 amide bonds. The monoisotopic (exact) mass is 363 g/mol. The Labute approximate surface area is 158 Å². The van der Waals surface area contributed by atoms with E-state index in [1.165, 1.54) is 4.90 Å². The van der Waals surface area contributed by atoms with E-state index in [0.717, 1.165) is 17.2 Å². The van der Waals surface area contributed by atoms with Gasteiger partial charge in [0.05, 0.1) is 6.61 Å². The molecule has 0 aliphatic heterocycles. The molecule has 0 aromatic heterocycles. The molecule has 0 fully saturated rings. The van der Waals surface area contributed by atoms with E-state index in [1.807, 2.05) is 60.7 Å². The number of rotatable bonds is 7. The number of nitrogens with zero attached hydrogens (tertiary/aromatic N) is 1. The Balaban J connectivity index is 1.51. The summed E-state index contributed by atoms with van der Waals surface area (Å²) in [6.07, 6.45) is 0. The van der Waals surface area contributed by atoms with Crippen LogP contribution in [0.4, 0.5) is 5.69 Å². The largest absolute Gasteiger partial charge is 0.493 e. The molecular weight excluding hydrogens is 342 g/mol. The maximum atomic E-state index is 12.6. The third-order valence-corrected chi connectivity index (χ3v) is 4.89. The molecule has 132 valence electrons. The lowest BCUT2D eigenvalue weighted by atomic mass is 10.2. The van der Waals surface area contributed by atoms with Crippen molar-refractivity contribution in [1.29, 1.82) is 0 Å². The Bertz CT molecular complexity index is 820. The zero-order chi connectivity index (χ0) is 18.2. The van der Waals surface area contributed by atoms with Crippen LogP contribution in [0.3, 0.4) is 0 Å². The molecule has 0 saturated carbocycles. The molecule has 0 N–H and O–H groups in total. The maximum Gasteiger partial charge on any atom is 0.258 e. The lowest BCUT2D eigenvalue weighted by Gasteiger charge is -2.17. The Morgan fingerprint density at radius 2 is 1.50 bits per heavy atom. The molecule has 0 aliphatic rings. The average Bonchev–Trinajstić information content (AvgIpc) is 2.72. The lowest BCUT2D eigenvalue weighted by molar-refractivity contribution is 0.0993. The SMILES string of the molecule is CN(C(=O)c1ccc(OCCSc2ccccc2)cc1)c1ccccc1. The first-order chi connectivity index (χ1) is 12.7. The van der Waals surface area contributed by atoms with Crippen molar-refractivity contribution < 1.29 is 9.53 Å². The van der Waals surface area contributed by atoms with Crippen LogP contribution in [0.1, 0.15) is 10.4 Å². The molecule has 26 heavy (non-hydrogen) atoms. The van der Waals surface area contributed by atoms with Crippen LogP contribution in [0.25, 0.3) is 0 Å². The minimum Gasteiger partial charge on any atom is -0.493 e. The second-order valence-corrected chi connectivity index (χ2v) is 6.90. The summed E-state index contributed by atoms with van der Waals surface area (Å²) in [4.78, 5) is 15.4. The summed E-state index contributed by atoms with van der Waals surface area (Å²) in [5.41, 5.74) is 1.51. The molecule has 0 unspecified atom stereocenters. The zero-order valence-corrected chi connectivity index (χ0v) is 15.5. The third-order valence-electron chi connectivity index (χ3n) is 3.91. The third kappa shape index (κ3) is 4.90. The summed E-state index contributed by atoms with van der Waals surface area (Å²) in [5, 5.41) is 0. The molecule has 0 bridgehead atoms. The van der Waals surface area contributed by atoms with Crippen LogP contribution in [0.15, 0.2) is 89.8 Å². The molecule has 0 heterocycles. The van der Waals surface area contributed by atoms with Gasteiger partial charge in [0.25, 0.3) is 5.91 Å². The normalized spacial score (nSPS) is 10.3. The Hall–Kier alpha value is -2.72. The van der Waals surface area contributed by atoms with Gasteiger partial charge in [-0.3, -0.25) is 4.79 Å². The van der Waals surface area contributed by atoms with E-state index in [1.54, 1.807) is 35.8 Å². The summed E-state index contributed by atoms with van der Waals surface area (Å²) < 4.78 is 5.76. The van der Waals surface area contributed by atoms with Crippen LogP contribution >= 0.6 is 11.8 Å². The van der Waals surface area contributed by atoms with Gasteiger partial charge in [-0.1, -0.05) is 36.4 Å². The zero-order valence-electron chi connectivity index (χ0n) is 14.7. The van der Waals surface area contributed by atoms with Gasteiger partial charge < -0.3 is 9.64 Å². The van der Waals surface area contributed by atoms with Gasteiger partial charge in [0, 0.05) is 28.9 Å². The van der Waals surface area contributed by atoms with E-state index in [9.17, 15) is 4.79 Å². The maximum absolute atomic E-state index is 12.6. The van der Waals surface area contributed by atoms with E-state index < -0.39 is 0 Å².